The van der Waals surface area contributed by atoms with Crippen LogP contribution in [0.1, 0.15) is 0 Å². The summed E-state index contributed by atoms with van der Waals surface area (Å²) >= 11 is 4.64. The van der Waals surface area contributed by atoms with Crippen molar-refractivity contribution in [3.05, 3.63) is 0 Å². The number of carboxylic acids is 1. The number of carbonyl (C=O) groups is 1. The second kappa shape index (κ2) is 9.21. The zero-order valence-electron chi connectivity index (χ0n) is 3.98. The molecular weight excluding hydrogens is 117 g/mol. The normalized spacial score (nSPS) is 6.14. The Morgan fingerprint density at radius 2 is 2.00 bits per heavy atom. The second-order valence-electron chi connectivity index (χ2n) is 0.576. The van der Waals surface area contributed by atoms with Crippen LogP contribution in [0.3, 0.4) is 0 Å². The van der Waals surface area contributed by atoms with E-state index in [2.05, 4.69) is 17.3 Å². The number of halogens is 1. The SMILES string of the molecule is CCl.NCC(=O)[O-]. The summed E-state index contributed by atoms with van der Waals surface area (Å²) in [6.07, 6.45) is 1.47. The van der Waals surface area contributed by atoms with E-state index in [-0.39, 0.29) is 6.54 Å². The van der Waals surface area contributed by atoms with Crippen LogP contribution in [0, 0.1) is 0 Å². The van der Waals surface area contributed by atoms with E-state index in [4.69, 9.17) is 9.90 Å². The number of carbonyl (C=O) groups excluding carboxylic acids is 1. The molecule has 0 aromatic heterocycles. The topological polar surface area (TPSA) is 66.2 Å². The van der Waals surface area contributed by atoms with E-state index in [1.807, 2.05) is 0 Å². The van der Waals surface area contributed by atoms with Crippen LogP contribution in [0.4, 0.5) is 0 Å². The van der Waals surface area contributed by atoms with E-state index in [1.54, 1.807) is 0 Å². The van der Waals surface area contributed by atoms with E-state index in [0.29, 0.717) is 0 Å². The van der Waals surface area contributed by atoms with Gasteiger partial charge in [-0.2, -0.15) is 0 Å². The summed E-state index contributed by atoms with van der Waals surface area (Å²) in [6.45, 7) is -0.389. The average Bonchev–Trinajstić information content (AvgIpc) is 1.73. The van der Waals surface area contributed by atoms with Gasteiger partial charge in [-0.1, -0.05) is 0 Å². The average molecular weight is 125 g/mol. The largest absolute Gasteiger partial charge is 0.549 e. The summed E-state index contributed by atoms with van der Waals surface area (Å²) < 4.78 is 0. The molecule has 0 radical (unpaired) electrons. The van der Waals surface area contributed by atoms with Crippen molar-refractivity contribution in [1.82, 2.24) is 0 Å². The lowest BCUT2D eigenvalue weighted by atomic mass is 10.7. The fourth-order valence-electron chi connectivity index (χ4n) is 0. The quantitative estimate of drug-likeness (QED) is 0.435. The van der Waals surface area contributed by atoms with Gasteiger partial charge in [0.1, 0.15) is 0 Å². The third-order valence-electron chi connectivity index (χ3n) is 0.167. The van der Waals surface area contributed by atoms with Gasteiger partial charge in [-0.15, -0.1) is 11.6 Å². The first kappa shape index (κ1) is 9.87. The Hall–Kier alpha value is -0.280. The van der Waals surface area contributed by atoms with Crippen molar-refractivity contribution in [3.63, 3.8) is 0 Å². The highest BCUT2D eigenvalue weighted by molar-refractivity contribution is 6.15. The van der Waals surface area contributed by atoms with Gasteiger partial charge in [-0.3, -0.25) is 0 Å². The molecule has 7 heavy (non-hydrogen) atoms. The minimum atomic E-state index is -1.22. The molecule has 0 amide bonds. The maximum atomic E-state index is 9.13. The van der Waals surface area contributed by atoms with Crippen LogP contribution < -0.4 is 10.8 Å². The van der Waals surface area contributed by atoms with Gasteiger partial charge >= 0.3 is 0 Å². The molecule has 3 nitrogen and oxygen atoms in total. The molecule has 2 N–H and O–H groups in total. The highest BCUT2D eigenvalue weighted by Crippen LogP contribution is 1.34. The lowest BCUT2D eigenvalue weighted by Gasteiger charge is -1.87. The Balaban J connectivity index is 0. The third kappa shape index (κ3) is 26.8. The summed E-state index contributed by atoms with van der Waals surface area (Å²) in [4.78, 5) is 9.13. The smallest absolute Gasteiger partial charge is 0.0550 e. The summed E-state index contributed by atoms with van der Waals surface area (Å²) in [5.74, 6) is -1.22. The van der Waals surface area contributed by atoms with E-state index in [1.165, 1.54) is 6.38 Å². The second-order valence-corrected chi connectivity index (χ2v) is 0.576. The summed E-state index contributed by atoms with van der Waals surface area (Å²) in [6, 6.07) is 0. The van der Waals surface area contributed by atoms with Crippen molar-refractivity contribution < 1.29 is 9.90 Å². The number of carboxylic acid groups (broad SMARTS) is 1. The summed E-state index contributed by atoms with van der Waals surface area (Å²) in [5.41, 5.74) is 4.51. The van der Waals surface area contributed by atoms with Crippen LogP contribution in [-0.4, -0.2) is 18.9 Å². The van der Waals surface area contributed by atoms with E-state index >= 15 is 0 Å². The van der Waals surface area contributed by atoms with Gasteiger partial charge in [-0.25, -0.2) is 0 Å². The van der Waals surface area contributed by atoms with Gasteiger partial charge in [0, 0.05) is 12.9 Å². The number of alkyl halides is 1. The predicted molar refractivity (Wildman–Crippen MR) is 25.8 cm³/mol. The monoisotopic (exact) mass is 124 g/mol. The lowest BCUT2D eigenvalue weighted by molar-refractivity contribution is -0.303. The first-order valence-electron chi connectivity index (χ1n) is 1.55. The first-order valence-corrected chi connectivity index (χ1v) is 2.30. The van der Waals surface area contributed by atoms with Crippen LogP contribution in [0.15, 0.2) is 0 Å². The molecule has 0 aliphatic rings. The lowest BCUT2D eigenvalue weighted by Crippen LogP contribution is -2.30. The molecule has 0 spiro atoms. The molecule has 0 saturated carbocycles. The summed E-state index contributed by atoms with van der Waals surface area (Å²) in [5, 5.41) is 9.13. The van der Waals surface area contributed by atoms with E-state index in [9.17, 15) is 0 Å². The van der Waals surface area contributed by atoms with Crippen LogP contribution >= 0.6 is 11.6 Å². The number of hydrogen-bond acceptors (Lipinski definition) is 3. The number of hydrogen-bond donors (Lipinski definition) is 1. The molecule has 0 rings (SSSR count). The van der Waals surface area contributed by atoms with Gasteiger partial charge in [0.25, 0.3) is 0 Å². The Bertz CT molecular complexity index is 48.2. The molecule has 4 heteroatoms. The number of rotatable bonds is 1. The molecule has 0 fully saturated rings. The molecule has 0 aromatic rings. The molecular formula is C3H7ClNO2-. The van der Waals surface area contributed by atoms with Crippen LogP contribution in [0.5, 0.6) is 0 Å². The van der Waals surface area contributed by atoms with Gasteiger partial charge in [0.15, 0.2) is 0 Å². The van der Waals surface area contributed by atoms with Crippen LogP contribution in [0.2, 0.25) is 0 Å². The standard InChI is InChI=1S/C2H5NO2.CH3Cl/c3-1-2(4)5;1-2/h1,3H2,(H,4,5);1H3/p-1. The maximum absolute atomic E-state index is 9.13. The molecule has 0 saturated heterocycles. The molecule has 0 unspecified atom stereocenters. The Morgan fingerprint density at radius 1 is 1.86 bits per heavy atom. The fraction of sp³-hybridized carbons (Fsp3) is 0.667. The highest BCUT2D eigenvalue weighted by Gasteiger charge is 1.65. The molecule has 0 bridgehead atoms. The Morgan fingerprint density at radius 3 is 2.00 bits per heavy atom. The molecule has 44 valence electrons. The van der Waals surface area contributed by atoms with Crippen molar-refractivity contribution >= 4 is 17.6 Å². The van der Waals surface area contributed by atoms with Gasteiger partial charge in [-0.05, 0) is 0 Å². The third-order valence-corrected chi connectivity index (χ3v) is 0.167. The van der Waals surface area contributed by atoms with Crippen molar-refractivity contribution in [1.29, 1.82) is 0 Å². The van der Waals surface area contributed by atoms with E-state index in [0.717, 1.165) is 0 Å². The molecule has 0 atom stereocenters. The van der Waals surface area contributed by atoms with Gasteiger partial charge < -0.3 is 15.6 Å². The van der Waals surface area contributed by atoms with Crippen molar-refractivity contribution in [2.24, 2.45) is 5.73 Å². The Kier molecular flexibility index (Phi) is 13.0. The molecule has 0 heterocycles. The zero-order chi connectivity index (χ0) is 6.28. The fourth-order valence-corrected chi connectivity index (χ4v) is 0. The van der Waals surface area contributed by atoms with E-state index < -0.39 is 5.97 Å². The molecule has 0 aromatic carbocycles. The zero-order valence-corrected chi connectivity index (χ0v) is 4.73. The van der Waals surface area contributed by atoms with Crippen LogP contribution in [-0.2, 0) is 4.79 Å². The van der Waals surface area contributed by atoms with Gasteiger partial charge in [0.2, 0.25) is 0 Å². The van der Waals surface area contributed by atoms with Crippen LogP contribution in [0.25, 0.3) is 0 Å². The van der Waals surface area contributed by atoms with Crippen molar-refractivity contribution in [3.8, 4) is 0 Å². The number of nitrogens with two attached hydrogens (primary N) is 1. The van der Waals surface area contributed by atoms with Gasteiger partial charge in [0.05, 0.1) is 5.97 Å². The highest BCUT2D eigenvalue weighted by atomic mass is 35.5. The summed E-state index contributed by atoms with van der Waals surface area (Å²) in [7, 11) is 0. The molecule has 0 aliphatic carbocycles. The predicted octanol–water partition coefficient (Wildman–Crippen LogP) is -1.45. The van der Waals surface area contributed by atoms with Crippen molar-refractivity contribution in [2.75, 3.05) is 12.9 Å². The number of aliphatic carboxylic acids is 1. The first-order chi connectivity index (χ1) is 3.27. The van der Waals surface area contributed by atoms with Crippen molar-refractivity contribution in [2.45, 2.75) is 0 Å². The molecule has 0 aliphatic heterocycles. The Labute approximate surface area is 47.1 Å². The maximum Gasteiger partial charge on any atom is 0.0550 e. The minimum Gasteiger partial charge on any atom is -0.549 e. The minimum absolute atomic E-state index is 0.389.